The number of carbonyl (C=O) groups is 1. The minimum Gasteiger partial charge on any atom is -0.489 e. The van der Waals surface area contributed by atoms with Crippen molar-refractivity contribution in [1.29, 1.82) is 0 Å². The van der Waals surface area contributed by atoms with Crippen LogP contribution in [0, 0.1) is 11.6 Å². The van der Waals surface area contributed by atoms with Gasteiger partial charge >= 0.3 is 0 Å². The standard InChI is InChI=1S/C24H23F2N3O3.2ClH/c25-18-3-9-22(26)17(13-18)16-31-20-5-7-21(8-6-20)32-24-10-4-19(14-27-24)28-23(30)15-29-11-1-2-12-29;;/h3-10,13-14H,1-2,11-12,15-16H2,(H,28,30);2*1H. The Morgan fingerprint density at radius 2 is 1.68 bits per heavy atom. The maximum absolute atomic E-state index is 13.7. The number of amides is 1. The molecule has 0 spiro atoms. The fourth-order valence-electron chi connectivity index (χ4n) is 3.40. The zero-order chi connectivity index (χ0) is 22.3. The minimum absolute atomic E-state index is 0. The van der Waals surface area contributed by atoms with E-state index in [1.165, 1.54) is 0 Å². The molecule has 0 saturated carbocycles. The first-order valence-electron chi connectivity index (χ1n) is 10.4. The second kappa shape index (κ2) is 13.1. The van der Waals surface area contributed by atoms with Gasteiger partial charge in [-0.1, -0.05) is 0 Å². The number of nitrogens with zero attached hydrogens (tertiary/aromatic N) is 2. The lowest BCUT2D eigenvalue weighted by molar-refractivity contribution is -0.117. The van der Waals surface area contributed by atoms with Crippen LogP contribution in [0.4, 0.5) is 14.5 Å². The smallest absolute Gasteiger partial charge is 0.238 e. The first-order valence-corrected chi connectivity index (χ1v) is 10.4. The van der Waals surface area contributed by atoms with Gasteiger partial charge in [0.05, 0.1) is 18.4 Å². The summed E-state index contributed by atoms with van der Waals surface area (Å²) >= 11 is 0. The third-order valence-electron chi connectivity index (χ3n) is 5.03. The number of hydrogen-bond acceptors (Lipinski definition) is 5. The number of anilines is 1. The van der Waals surface area contributed by atoms with Crippen molar-refractivity contribution in [3.05, 3.63) is 78.0 Å². The highest BCUT2D eigenvalue weighted by Gasteiger charge is 2.15. The molecule has 0 atom stereocenters. The van der Waals surface area contributed by atoms with Gasteiger partial charge in [-0.25, -0.2) is 13.8 Å². The Kier molecular flexibility index (Phi) is 10.5. The van der Waals surface area contributed by atoms with Crippen molar-refractivity contribution < 1.29 is 23.0 Å². The summed E-state index contributed by atoms with van der Waals surface area (Å²) in [6.45, 7) is 2.22. The zero-order valence-electron chi connectivity index (χ0n) is 18.2. The Hall–Kier alpha value is -2.94. The number of pyridine rings is 1. The van der Waals surface area contributed by atoms with Crippen LogP contribution in [0.3, 0.4) is 0 Å². The van der Waals surface area contributed by atoms with Crippen LogP contribution in [0.2, 0.25) is 0 Å². The summed E-state index contributed by atoms with van der Waals surface area (Å²) in [5.41, 5.74) is 0.747. The first kappa shape index (κ1) is 27.3. The SMILES string of the molecule is Cl.Cl.O=C(CN1CCCC1)Nc1ccc(Oc2ccc(OCc3cc(F)ccc3F)cc2)nc1. The maximum Gasteiger partial charge on any atom is 0.238 e. The van der Waals surface area contributed by atoms with Gasteiger partial charge in [0.2, 0.25) is 11.8 Å². The fraction of sp³-hybridized carbons (Fsp3) is 0.250. The molecule has 2 aromatic carbocycles. The highest BCUT2D eigenvalue weighted by molar-refractivity contribution is 5.92. The van der Waals surface area contributed by atoms with E-state index in [0.717, 1.165) is 44.1 Å². The van der Waals surface area contributed by atoms with Gasteiger partial charge in [-0.05, 0) is 74.5 Å². The van der Waals surface area contributed by atoms with Gasteiger partial charge in [-0.3, -0.25) is 9.69 Å². The van der Waals surface area contributed by atoms with E-state index in [1.54, 1.807) is 42.6 Å². The Morgan fingerprint density at radius 3 is 2.35 bits per heavy atom. The molecule has 3 aromatic rings. The van der Waals surface area contributed by atoms with Crippen LogP contribution in [0.15, 0.2) is 60.8 Å². The predicted molar refractivity (Wildman–Crippen MR) is 130 cm³/mol. The largest absolute Gasteiger partial charge is 0.489 e. The van der Waals surface area contributed by atoms with Crippen LogP contribution < -0.4 is 14.8 Å². The van der Waals surface area contributed by atoms with Crippen LogP contribution in [0.5, 0.6) is 17.4 Å². The van der Waals surface area contributed by atoms with E-state index in [4.69, 9.17) is 9.47 Å². The number of rotatable bonds is 8. The van der Waals surface area contributed by atoms with E-state index in [1.807, 2.05) is 0 Å². The lowest BCUT2D eigenvalue weighted by Gasteiger charge is -2.14. The Labute approximate surface area is 209 Å². The molecule has 1 amide bonds. The molecule has 1 aromatic heterocycles. The van der Waals surface area contributed by atoms with Crippen LogP contribution >= 0.6 is 24.8 Å². The highest BCUT2D eigenvalue weighted by atomic mass is 35.5. The summed E-state index contributed by atoms with van der Waals surface area (Å²) in [4.78, 5) is 18.4. The van der Waals surface area contributed by atoms with E-state index in [0.29, 0.717) is 29.6 Å². The highest BCUT2D eigenvalue weighted by Crippen LogP contribution is 2.24. The molecule has 1 aliphatic heterocycles. The van der Waals surface area contributed by atoms with Gasteiger partial charge in [-0.2, -0.15) is 0 Å². The molecular formula is C24H25Cl2F2N3O3. The van der Waals surface area contributed by atoms with Gasteiger partial charge in [0, 0.05) is 11.6 Å². The van der Waals surface area contributed by atoms with Crippen LogP contribution in [0.1, 0.15) is 18.4 Å². The van der Waals surface area contributed by atoms with Gasteiger partial charge in [0.1, 0.15) is 29.7 Å². The molecule has 2 heterocycles. The number of nitrogens with one attached hydrogen (secondary N) is 1. The second-order valence-electron chi connectivity index (χ2n) is 7.51. The van der Waals surface area contributed by atoms with Crippen molar-refractivity contribution in [2.75, 3.05) is 25.0 Å². The van der Waals surface area contributed by atoms with Crippen LogP contribution in [-0.4, -0.2) is 35.4 Å². The molecule has 182 valence electrons. The zero-order valence-corrected chi connectivity index (χ0v) is 19.8. The average Bonchev–Trinajstić information content (AvgIpc) is 3.29. The van der Waals surface area contributed by atoms with Gasteiger partial charge in [0.15, 0.2) is 0 Å². The molecule has 34 heavy (non-hydrogen) atoms. The summed E-state index contributed by atoms with van der Waals surface area (Å²) in [7, 11) is 0. The molecular weight excluding hydrogens is 487 g/mol. The topological polar surface area (TPSA) is 63.7 Å². The molecule has 1 saturated heterocycles. The summed E-state index contributed by atoms with van der Waals surface area (Å²) in [6.07, 6.45) is 3.82. The number of benzene rings is 2. The van der Waals surface area contributed by atoms with E-state index < -0.39 is 11.6 Å². The molecule has 1 N–H and O–H groups in total. The summed E-state index contributed by atoms with van der Waals surface area (Å²) in [5.74, 6) is 0.304. The predicted octanol–water partition coefficient (Wildman–Crippen LogP) is 5.61. The molecule has 0 radical (unpaired) electrons. The van der Waals surface area contributed by atoms with Gasteiger partial charge in [-0.15, -0.1) is 24.8 Å². The van der Waals surface area contributed by atoms with Crippen molar-refractivity contribution in [3.8, 4) is 17.4 Å². The summed E-state index contributed by atoms with van der Waals surface area (Å²) in [5, 5.41) is 2.84. The molecule has 4 rings (SSSR count). The quantitative estimate of drug-likeness (QED) is 0.425. The first-order chi connectivity index (χ1) is 15.5. The number of halogens is 4. The number of aromatic nitrogens is 1. The normalized spacial score (nSPS) is 12.9. The average molecular weight is 512 g/mol. The van der Waals surface area contributed by atoms with Crippen molar-refractivity contribution in [2.45, 2.75) is 19.4 Å². The maximum atomic E-state index is 13.7. The Bertz CT molecular complexity index is 1060. The molecule has 0 unspecified atom stereocenters. The van der Waals surface area contributed by atoms with E-state index in [9.17, 15) is 13.6 Å². The fourth-order valence-corrected chi connectivity index (χ4v) is 3.40. The monoisotopic (exact) mass is 511 g/mol. The van der Waals surface area contributed by atoms with Crippen LogP contribution in [-0.2, 0) is 11.4 Å². The minimum atomic E-state index is -0.520. The van der Waals surface area contributed by atoms with Crippen molar-refractivity contribution in [2.24, 2.45) is 0 Å². The third-order valence-corrected chi connectivity index (χ3v) is 5.03. The van der Waals surface area contributed by atoms with Gasteiger partial charge < -0.3 is 14.8 Å². The van der Waals surface area contributed by atoms with E-state index in [-0.39, 0.29) is 42.9 Å². The molecule has 1 fully saturated rings. The Morgan fingerprint density at radius 1 is 0.971 bits per heavy atom. The Balaban J connectivity index is 0.00000204. The van der Waals surface area contributed by atoms with Crippen molar-refractivity contribution in [3.63, 3.8) is 0 Å². The number of carbonyl (C=O) groups excluding carboxylic acids is 1. The lowest BCUT2D eigenvalue weighted by atomic mass is 10.2. The van der Waals surface area contributed by atoms with Crippen molar-refractivity contribution in [1.82, 2.24) is 9.88 Å². The van der Waals surface area contributed by atoms with Crippen molar-refractivity contribution >= 4 is 36.4 Å². The van der Waals surface area contributed by atoms with E-state index >= 15 is 0 Å². The molecule has 10 heteroatoms. The number of likely N-dealkylation sites (tertiary alicyclic amines) is 1. The summed E-state index contributed by atoms with van der Waals surface area (Å²) < 4.78 is 38.1. The third kappa shape index (κ3) is 7.83. The lowest BCUT2D eigenvalue weighted by Crippen LogP contribution is -2.30. The second-order valence-corrected chi connectivity index (χ2v) is 7.51. The molecule has 1 aliphatic rings. The number of ether oxygens (including phenoxy) is 2. The van der Waals surface area contributed by atoms with Gasteiger partial charge in [0.25, 0.3) is 0 Å². The molecule has 0 bridgehead atoms. The summed E-state index contributed by atoms with van der Waals surface area (Å²) in [6, 6.07) is 13.3. The molecule has 6 nitrogen and oxygen atoms in total. The van der Waals surface area contributed by atoms with Crippen LogP contribution in [0.25, 0.3) is 0 Å². The molecule has 0 aliphatic carbocycles. The van der Waals surface area contributed by atoms with E-state index in [2.05, 4.69) is 15.2 Å². The number of hydrogen-bond donors (Lipinski definition) is 1.